The van der Waals surface area contributed by atoms with Crippen molar-refractivity contribution in [2.75, 3.05) is 19.7 Å². The average molecular weight is 275 g/mol. The Morgan fingerprint density at radius 3 is 2.50 bits per heavy atom. The molecule has 3 heteroatoms. The molecule has 0 radical (unpaired) electrons. The highest BCUT2D eigenvalue weighted by Crippen LogP contribution is 2.15. The van der Waals surface area contributed by atoms with Gasteiger partial charge in [-0.3, -0.25) is 4.79 Å². The van der Waals surface area contributed by atoms with Crippen molar-refractivity contribution in [1.29, 1.82) is 0 Å². The molecule has 1 aromatic carbocycles. The van der Waals surface area contributed by atoms with Gasteiger partial charge in [0.1, 0.15) is 6.61 Å². The minimum absolute atomic E-state index is 0.167. The first-order valence-corrected chi connectivity index (χ1v) is 7.58. The number of piperidine rings is 1. The van der Waals surface area contributed by atoms with Crippen molar-refractivity contribution in [3.05, 3.63) is 35.4 Å². The second-order valence-corrected chi connectivity index (χ2v) is 5.87. The summed E-state index contributed by atoms with van der Waals surface area (Å²) in [6.45, 7) is 6.59. The van der Waals surface area contributed by atoms with Gasteiger partial charge in [0.2, 0.25) is 0 Å². The highest BCUT2D eigenvalue weighted by molar-refractivity contribution is 5.82. The van der Waals surface area contributed by atoms with Crippen LogP contribution in [-0.4, -0.2) is 31.6 Å². The van der Waals surface area contributed by atoms with Gasteiger partial charge < -0.3 is 10.1 Å². The van der Waals surface area contributed by atoms with Gasteiger partial charge in [-0.05, 0) is 43.0 Å². The normalized spacial score (nSPS) is 16.6. The molecule has 1 saturated heterocycles. The number of carbonyl (C=O) groups excluding carboxylic acids is 1. The highest BCUT2D eigenvalue weighted by Gasteiger charge is 2.15. The zero-order chi connectivity index (χ0) is 14.4. The van der Waals surface area contributed by atoms with Crippen LogP contribution < -0.4 is 5.32 Å². The number of ketones is 1. The van der Waals surface area contributed by atoms with Crippen molar-refractivity contribution in [1.82, 2.24) is 5.32 Å². The van der Waals surface area contributed by atoms with Crippen LogP contribution in [0.5, 0.6) is 0 Å². The van der Waals surface area contributed by atoms with Crippen molar-refractivity contribution >= 4 is 5.78 Å². The summed E-state index contributed by atoms with van der Waals surface area (Å²) >= 11 is 0. The van der Waals surface area contributed by atoms with Gasteiger partial charge in [-0.25, -0.2) is 0 Å². The number of ether oxygens (including phenoxy) is 1. The predicted octanol–water partition coefficient (Wildman–Crippen LogP) is 2.69. The van der Waals surface area contributed by atoms with Gasteiger partial charge in [-0.1, -0.05) is 38.1 Å². The highest BCUT2D eigenvalue weighted by atomic mass is 16.5. The molecule has 0 spiro atoms. The van der Waals surface area contributed by atoms with Gasteiger partial charge >= 0.3 is 0 Å². The number of carbonyl (C=O) groups is 1. The molecule has 1 N–H and O–H groups in total. The van der Waals surface area contributed by atoms with E-state index in [0.29, 0.717) is 12.3 Å². The summed E-state index contributed by atoms with van der Waals surface area (Å²) in [5, 5.41) is 3.29. The summed E-state index contributed by atoms with van der Waals surface area (Å²) in [7, 11) is 0. The largest absolute Gasteiger partial charge is 0.370 e. The molecule has 1 fully saturated rings. The maximum atomic E-state index is 11.9. The van der Waals surface area contributed by atoms with E-state index in [2.05, 4.69) is 43.4 Å². The number of nitrogens with one attached hydrogen (secondary N) is 1. The third kappa shape index (κ3) is 4.73. The monoisotopic (exact) mass is 275 g/mol. The van der Waals surface area contributed by atoms with E-state index in [9.17, 15) is 4.79 Å². The Balaban J connectivity index is 1.75. The van der Waals surface area contributed by atoms with Crippen LogP contribution in [0.4, 0.5) is 0 Å². The smallest absolute Gasteiger partial charge is 0.162 e. The van der Waals surface area contributed by atoms with Crippen LogP contribution in [-0.2, 0) is 16.0 Å². The van der Waals surface area contributed by atoms with Crippen LogP contribution in [0.1, 0.15) is 43.7 Å². The first-order valence-electron chi connectivity index (χ1n) is 7.58. The summed E-state index contributed by atoms with van der Waals surface area (Å²) in [6, 6.07) is 8.33. The second kappa shape index (κ2) is 7.55. The van der Waals surface area contributed by atoms with E-state index in [1.165, 1.54) is 5.56 Å². The molecule has 3 nitrogen and oxygen atoms in total. The molecule has 0 bridgehead atoms. The molecule has 0 amide bonds. The summed E-state index contributed by atoms with van der Waals surface area (Å²) < 4.78 is 5.69. The van der Waals surface area contributed by atoms with E-state index in [1.54, 1.807) is 0 Å². The van der Waals surface area contributed by atoms with Crippen LogP contribution in [0.25, 0.3) is 0 Å². The Bertz CT molecular complexity index is 419. The lowest BCUT2D eigenvalue weighted by Gasteiger charge is -2.22. The SMILES string of the molecule is CC(C)c1ccc(CC(=O)COC2CCNCC2)cc1. The minimum Gasteiger partial charge on any atom is -0.370 e. The molecule has 20 heavy (non-hydrogen) atoms. The van der Waals surface area contributed by atoms with Gasteiger partial charge in [-0.2, -0.15) is 0 Å². The Labute approximate surface area is 121 Å². The van der Waals surface area contributed by atoms with Gasteiger partial charge in [0.15, 0.2) is 5.78 Å². The lowest BCUT2D eigenvalue weighted by molar-refractivity contribution is -0.125. The van der Waals surface area contributed by atoms with Crippen LogP contribution in [0.3, 0.4) is 0 Å². The van der Waals surface area contributed by atoms with Gasteiger partial charge in [-0.15, -0.1) is 0 Å². The van der Waals surface area contributed by atoms with E-state index in [0.717, 1.165) is 31.5 Å². The standard InChI is InChI=1S/C17H25NO2/c1-13(2)15-5-3-14(4-6-15)11-16(19)12-20-17-7-9-18-10-8-17/h3-6,13,17-18H,7-12H2,1-2H3. The summed E-state index contributed by atoms with van der Waals surface area (Å²) in [5.74, 6) is 0.698. The van der Waals surface area contributed by atoms with E-state index < -0.39 is 0 Å². The Kier molecular flexibility index (Phi) is 5.74. The van der Waals surface area contributed by atoms with E-state index in [1.807, 2.05) is 0 Å². The third-order valence-corrected chi connectivity index (χ3v) is 3.81. The number of benzene rings is 1. The molecule has 1 heterocycles. The quantitative estimate of drug-likeness (QED) is 0.867. The van der Waals surface area contributed by atoms with Crippen molar-refractivity contribution in [3.63, 3.8) is 0 Å². The number of hydrogen-bond donors (Lipinski definition) is 1. The minimum atomic E-state index is 0.167. The summed E-state index contributed by atoms with van der Waals surface area (Å²) in [4.78, 5) is 11.9. The topological polar surface area (TPSA) is 38.3 Å². The summed E-state index contributed by atoms with van der Waals surface area (Å²) in [6.07, 6.45) is 2.75. The molecule has 1 aromatic rings. The Morgan fingerprint density at radius 1 is 1.25 bits per heavy atom. The molecular formula is C17H25NO2. The molecule has 0 unspecified atom stereocenters. The Morgan fingerprint density at radius 2 is 1.90 bits per heavy atom. The molecule has 0 atom stereocenters. The van der Waals surface area contributed by atoms with Crippen molar-refractivity contribution < 1.29 is 9.53 Å². The maximum Gasteiger partial charge on any atom is 0.162 e. The second-order valence-electron chi connectivity index (χ2n) is 5.87. The fourth-order valence-electron chi connectivity index (χ4n) is 2.47. The molecular weight excluding hydrogens is 250 g/mol. The van der Waals surface area contributed by atoms with Crippen molar-refractivity contribution in [2.45, 2.75) is 45.1 Å². The van der Waals surface area contributed by atoms with Crippen LogP contribution >= 0.6 is 0 Å². The van der Waals surface area contributed by atoms with Crippen molar-refractivity contribution in [2.24, 2.45) is 0 Å². The van der Waals surface area contributed by atoms with Crippen LogP contribution in [0.2, 0.25) is 0 Å². The number of rotatable bonds is 6. The zero-order valence-corrected chi connectivity index (χ0v) is 12.5. The molecule has 1 aliphatic heterocycles. The number of hydrogen-bond acceptors (Lipinski definition) is 3. The predicted molar refractivity (Wildman–Crippen MR) is 81.1 cm³/mol. The Hall–Kier alpha value is -1.19. The first-order chi connectivity index (χ1) is 9.65. The van der Waals surface area contributed by atoms with Gasteiger partial charge in [0.05, 0.1) is 6.10 Å². The van der Waals surface area contributed by atoms with Crippen molar-refractivity contribution in [3.8, 4) is 0 Å². The lowest BCUT2D eigenvalue weighted by atomic mass is 10.0. The molecule has 0 saturated carbocycles. The molecule has 0 aliphatic carbocycles. The van der Waals surface area contributed by atoms with Crippen LogP contribution in [0, 0.1) is 0 Å². The zero-order valence-electron chi connectivity index (χ0n) is 12.5. The third-order valence-electron chi connectivity index (χ3n) is 3.81. The summed E-state index contributed by atoms with van der Waals surface area (Å²) in [5.41, 5.74) is 2.39. The fraction of sp³-hybridized carbons (Fsp3) is 0.588. The molecule has 110 valence electrons. The van der Waals surface area contributed by atoms with E-state index in [4.69, 9.17) is 4.74 Å². The average Bonchev–Trinajstić information content (AvgIpc) is 2.47. The van der Waals surface area contributed by atoms with E-state index >= 15 is 0 Å². The fourth-order valence-corrected chi connectivity index (χ4v) is 2.47. The molecule has 1 aliphatic rings. The first kappa shape index (κ1) is 15.2. The lowest BCUT2D eigenvalue weighted by Crippen LogP contribution is -2.33. The van der Waals surface area contributed by atoms with Crippen LogP contribution in [0.15, 0.2) is 24.3 Å². The van der Waals surface area contributed by atoms with Gasteiger partial charge in [0.25, 0.3) is 0 Å². The number of Topliss-reactive ketones (excluding diaryl/α,β-unsaturated/α-hetero) is 1. The molecule has 0 aromatic heterocycles. The maximum absolute atomic E-state index is 11.9. The molecule has 2 rings (SSSR count). The van der Waals surface area contributed by atoms with Gasteiger partial charge in [0, 0.05) is 6.42 Å². The van der Waals surface area contributed by atoms with E-state index in [-0.39, 0.29) is 18.5 Å².